The molecule has 0 amide bonds. The van der Waals surface area contributed by atoms with Crippen LogP contribution in [-0.4, -0.2) is 4.98 Å². The van der Waals surface area contributed by atoms with Crippen LogP contribution in [0, 0.1) is 0 Å². The van der Waals surface area contributed by atoms with Gasteiger partial charge in [-0.25, -0.2) is 0 Å². The fraction of sp³-hybridized carbons (Fsp3) is 0.167. The lowest BCUT2D eigenvalue weighted by Crippen LogP contribution is -1.95. The third kappa shape index (κ3) is 1.04. The summed E-state index contributed by atoms with van der Waals surface area (Å²) in [7, 11) is 0. The van der Waals surface area contributed by atoms with Crippen molar-refractivity contribution in [3.63, 3.8) is 0 Å². The van der Waals surface area contributed by atoms with Crippen molar-refractivity contribution in [3.05, 3.63) is 30.0 Å². The maximum Gasteiger partial charge on any atom is 0.0843 e. The van der Waals surface area contributed by atoms with Gasteiger partial charge in [-0.3, -0.25) is 4.98 Å². The Labute approximate surface area is 54.0 Å². The predicted octanol–water partition coefficient (Wildman–Crippen LogP) is 0.540. The molecule has 0 spiro atoms. The zero-order valence-electron chi connectivity index (χ0n) is 8.23. The minimum Gasteiger partial charge on any atom is -0.326 e. The highest BCUT2D eigenvalue weighted by atomic mass is 14.6. The van der Waals surface area contributed by atoms with Gasteiger partial charge < -0.3 is 5.73 Å². The van der Waals surface area contributed by atoms with Crippen LogP contribution in [0.15, 0.2) is 24.4 Å². The monoisotopic (exact) mass is 112 g/mol. The maximum absolute atomic E-state index is 7.33. The lowest BCUT2D eigenvalue weighted by Gasteiger charge is -1.89. The van der Waals surface area contributed by atoms with Crippen LogP contribution >= 0.6 is 0 Å². The van der Waals surface area contributed by atoms with Gasteiger partial charge in [-0.1, -0.05) is 6.04 Å². The molecule has 0 fully saturated rings. The van der Waals surface area contributed by atoms with E-state index < -0.39 is 0 Å². The van der Waals surface area contributed by atoms with Gasteiger partial charge in [-0.15, -0.1) is 0 Å². The van der Waals surface area contributed by atoms with E-state index in [1.54, 1.807) is 0 Å². The summed E-state index contributed by atoms with van der Waals surface area (Å²) >= 11 is 0. The molecular weight excluding hydrogens is 100 g/mol. The summed E-state index contributed by atoms with van der Waals surface area (Å²) in [5.41, 5.74) is 5.46. The molecule has 42 valence electrons. The van der Waals surface area contributed by atoms with E-state index in [0.29, 0.717) is 0 Å². The van der Waals surface area contributed by atoms with Gasteiger partial charge in [-0.05, 0) is 11.6 Å². The van der Waals surface area contributed by atoms with Gasteiger partial charge in [0.2, 0.25) is 0 Å². The Kier molecular flexibility index (Phi) is 0.652. The molecule has 2 heteroatoms. The van der Waals surface area contributed by atoms with Gasteiger partial charge in [0.05, 0.1) is 5.48 Å². The standard InChI is InChI=1S/C6H8N2/c7-4-6-2-1-3-8-5-6/h1-3,5H,4,7H2/i1D,2D,3D,5D. The SMILES string of the molecule is [2H]c1nc([2H])c(CN)c([2H])c1[2H]. The maximum atomic E-state index is 7.33. The van der Waals surface area contributed by atoms with Crippen molar-refractivity contribution in [2.75, 3.05) is 0 Å². The third-order valence-electron chi connectivity index (χ3n) is 0.720. The molecule has 2 N–H and O–H groups in total. The third-order valence-corrected chi connectivity index (χ3v) is 0.720. The van der Waals surface area contributed by atoms with Gasteiger partial charge in [0.15, 0.2) is 0 Å². The normalized spacial score (nSPS) is 16.1. The molecule has 0 aromatic carbocycles. The highest BCUT2D eigenvalue weighted by Gasteiger charge is 1.81. The average Bonchev–Trinajstić information content (AvgIpc) is 2.01. The molecule has 0 bridgehead atoms. The van der Waals surface area contributed by atoms with Crippen molar-refractivity contribution in [3.8, 4) is 0 Å². The largest absolute Gasteiger partial charge is 0.326 e. The summed E-state index contributed by atoms with van der Waals surface area (Å²) in [6.45, 7) is 0.0107. The fourth-order valence-corrected chi connectivity index (χ4v) is 0.351. The molecule has 0 aliphatic heterocycles. The van der Waals surface area contributed by atoms with E-state index in [1.165, 1.54) is 0 Å². The van der Waals surface area contributed by atoms with Gasteiger partial charge in [0, 0.05) is 18.9 Å². The van der Waals surface area contributed by atoms with Crippen molar-refractivity contribution < 1.29 is 5.48 Å². The summed E-state index contributed by atoms with van der Waals surface area (Å²) in [6, 6.07) is -0.436. The highest BCUT2D eigenvalue weighted by molar-refractivity contribution is 5.06. The number of hydrogen-bond donors (Lipinski definition) is 1. The van der Waals surface area contributed by atoms with Crippen LogP contribution < -0.4 is 5.73 Å². The molecule has 0 saturated heterocycles. The number of rotatable bonds is 1. The first kappa shape index (κ1) is 2.15. The van der Waals surface area contributed by atoms with E-state index >= 15 is 0 Å². The van der Waals surface area contributed by atoms with Crippen molar-refractivity contribution in [2.24, 2.45) is 5.73 Å². The van der Waals surface area contributed by atoms with Crippen molar-refractivity contribution in [2.45, 2.75) is 6.54 Å². The molecule has 0 aliphatic carbocycles. The molecule has 1 heterocycles. The Hall–Kier alpha value is -0.890. The summed E-state index contributed by atoms with van der Waals surface area (Å²) in [5.74, 6) is 0. The molecule has 1 aromatic heterocycles. The molecule has 1 rings (SSSR count). The molecule has 8 heavy (non-hydrogen) atoms. The zero-order chi connectivity index (χ0) is 9.30. The van der Waals surface area contributed by atoms with E-state index in [2.05, 4.69) is 4.98 Å². The Morgan fingerprint density at radius 3 is 3.50 bits per heavy atom. The van der Waals surface area contributed by atoms with Crippen LogP contribution in [-0.2, 0) is 6.54 Å². The van der Waals surface area contributed by atoms with Crippen molar-refractivity contribution in [1.29, 1.82) is 0 Å². The fourth-order valence-electron chi connectivity index (χ4n) is 0.351. The molecule has 0 atom stereocenters. The second kappa shape index (κ2) is 2.43. The number of pyridine rings is 1. The van der Waals surface area contributed by atoms with Crippen LogP contribution in [0.25, 0.3) is 0 Å². The Morgan fingerprint density at radius 2 is 2.75 bits per heavy atom. The molecule has 0 radical (unpaired) electrons. The summed E-state index contributed by atoms with van der Waals surface area (Å²) in [5, 5.41) is 0. The minimum atomic E-state index is -0.345. The van der Waals surface area contributed by atoms with Crippen LogP contribution in [0.3, 0.4) is 0 Å². The topological polar surface area (TPSA) is 38.9 Å². The van der Waals surface area contributed by atoms with Gasteiger partial charge in [0.25, 0.3) is 0 Å². The minimum absolute atomic E-state index is 0.0107. The summed E-state index contributed by atoms with van der Waals surface area (Å²) < 4.78 is 28.9. The predicted molar refractivity (Wildman–Crippen MR) is 32.1 cm³/mol. The lowest BCUT2D eigenvalue weighted by atomic mass is 10.3. The second-order valence-corrected chi connectivity index (χ2v) is 1.27. The van der Waals surface area contributed by atoms with Crippen molar-refractivity contribution >= 4 is 0 Å². The molecule has 0 unspecified atom stereocenters. The summed E-state index contributed by atoms with van der Waals surface area (Å²) in [6.07, 6.45) is -0.522. The first-order valence-corrected chi connectivity index (χ1v) is 2.21. The number of nitrogens with two attached hydrogens (primary N) is 1. The highest BCUT2D eigenvalue weighted by Crippen LogP contribution is 1.90. The summed E-state index contributed by atoms with van der Waals surface area (Å²) in [4.78, 5) is 3.45. The second-order valence-electron chi connectivity index (χ2n) is 1.27. The zero-order valence-corrected chi connectivity index (χ0v) is 4.23. The lowest BCUT2D eigenvalue weighted by molar-refractivity contribution is 1.05. The Balaban J connectivity index is 3.40. The van der Waals surface area contributed by atoms with E-state index in [9.17, 15) is 0 Å². The molecular formula is C6H8N2. The first-order chi connectivity index (χ1) is 5.57. The molecule has 1 aromatic rings. The van der Waals surface area contributed by atoms with Gasteiger partial charge >= 0.3 is 0 Å². The van der Waals surface area contributed by atoms with E-state index in [4.69, 9.17) is 11.2 Å². The number of hydrogen-bond acceptors (Lipinski definition) is 2. The quantitative estimate of drug-likeness (QED) is 0.576. The average molecular weight is 112 g/mol. The van der Waals surface area contributed by atoms with Crippen LogP contribution in [0.2, 0.25) is 0 Å². The number of aromatic nitrogens is 1. The van der Waals surface area contributed by atoms with E-state index in [0.717, 1.165) is 0 Å². The van der Waals surface area contributed by atoms with E-state index in [-0.39, 0.29) is 36.5 Å². The number of nitrogens with zero attached hydrogens (tertiary/aromatic N) is 1. The Morgan fingerprint density at radius 1 is 1.88 bits per heavy atom. The smallest absolute Gasteiger partial charge is 0.0843 e. The van der Waals surface area contributed by atoms with E-state index in [1.807, 2.05) is 0 Å². The molecule has 0 aliphatic rings. The Bertz CT molecular complexity index is 313. The van der Waals surface area contributed by atoms with Gasteiger partial charge in [0.1, 0.15) is 0 Å². The van der Waals surface area contributed by atoms with Crippen LogP contribution in [0.4, 0.5) is 0 Å². The molecule has 0 saturated carbocycles. The van der Waals surface area contributed by atoms with Crippen LogP contribution in [0.5, 0.6) is 0 Å². The molecule has 2 nitrogen and oxygen atoms in total. The van der Waals surface area contributed by atoms with Crippen LogP contribution in [0.1, 0.15) is 11.0 Å². The van der Waals surface area contributed by atoms with Gasteiger partial charge in [-0.2, -0.15) is 0 Å². The first-order valence-electron chi connectivity index (χ1n) is 4.21. The van der Waals surface area contributed by atoms with Crippen molar-refractivity contribution in [1.82, 2.24) is 4.98 Å².